The molecule has 0 spiro atoms. The van der Waals surface area contributed by atoms with E-state index >= 15 is 0 Å². The number of carbonyl (C=O) groups excluding carboxylic acids is 1. The van der Waals surface area contributed by atoms with Gasteiger partial charge in [0.1, 0.15) is 0 Å². The molecule has 0 saturated carbocycles. The maximum atomic E-state index is 11.9. The molecule has 2 rings (SSSR count). The highest BCUT2D eigenvalue weighted by atomic mass is 16.4. The van der Waals surface area contributed by atoms with Gasteiger partial charge in [0.2, 0.25) is 5.91 Å². The first-order chi connectivity index (χ1) is 8.58. The Bertz CT molecular complexity index is 471. The van der Waals surface area contributed by atoms with E-state index in [-0.39, 0.29) is 17.4 Å². The normalized spacial score (nSPS) is 16.7. The molecule has 1 aromatic heterocycles. The molecule has 1 saturated heterocycles. The highest BCUT2D eigenvalue weighted by Crippen LogP contribution is 2.18. The number of amides is 1. The highest BCUT2D eigenvalue weighted by Gasteiger charge is 2.28. The van der Waals surface area contributed by atoms with Crippen LogP contribution in [-0.2, 0) is 4.79 Å². The molecule has 3 N–H and O–H groups in total. The van der Waals surface area contributed by atoms with Gasteiger partial charge in [-0.1, -0.05) is 6.92 Å². The van der Waals surface area contributed by atoms with Crippen molar-refractivity contribution in [3.05, 3.63) is 24.0 Å². The van der Waals surface area contributed by atoms with Gasteiger partial charge in [0.15, 0.2) is 0 Å². The zero-order chi connectivity index (χ0) is 13.1. The predicted octanol–water partition coefficient (Wildman–Crippen LogP) is 0.574. The smallest absolute Gasteiger partial charge is 0.337 e. The third-order valence-electron chi connectivity index (χ3n) is 3.19. The van der Waals surface area contributed by atoms with Gasteiger partial charge in [0.25, 0.3) is 0 Å². The lowest BCUT2D eigenvalue weighted by Gasteiger charge is -2.31. The van der Waals surface area contributed by atoms with Gasteiger partial charge in [-0.25, -0.2) is 4.79 Å². The molecule has 6 nitrogen and oxygen atoms in total. The Morgan fingerprint density at radius 1 is 1.50 bits per heavy atom. The van der Waals surface area contributed by atoms with E-state index in [1.54, 1.807) is 0 Å². The second kappa shape index (κ2) is 5.14. The van der Waals surface area contributed by atoms with Gasteiger partial charge in [-0.2, -0.15) is 0 Å². The molecule has 0 aromatic carbocycles. The second-order valence-corrected chi connectivity index (χ2v) is 4.46. The van der Waals surface area contributed by atoms with Crippen LogP contribution in [0.2, 0.25) is 0 Å². The minimum absolute atomic E-state index is 0.0609. The standard InChI is InChI=1S/C12H15N3O3/c1-7(9-4-13-5-9)11(16)15-10-2-8(12(17)18)3-14-6-10/h2-3,6-7,9,13H,4-5H2,1H3,(H,15,16)(H,17,18). The SMILES string of the molecule is CC(C(=O)Nc1cncc(C(=O)O)c1)C1CNC1. The van der Waals surface area contributed by atoms with Crippen molar-refractivity contribution in [3.8, 4) is 0 Å². The van der Waals surface area contributed by atoms with Gasteiger partial charge >= 0.3 is 5.97 Å². The summed E-state index contributed by atoms with van der Waals surface area (Å²) in [5.41, 5.74) is 0.477. The number of pyridine rings is 1. The summed E-state index contributed by atoms with van der Waals surface area (Å²) in [6.07, 6.45) is 2.69. The third-order valence-corrected chi connectivity index (χ3v) is 3.19. The minimum atomic E-state index is -1.06. The van der Waals surface area contributed by atoms with Crippen LogP contribution in [0.25, 0.3) is 0 Å². The van der Waals surface area contributed by atoms with Crippen LogP contribution in [0.1, 0.15) is 17.3 Å². The van der Waals surface area contributed by atoms with Crippen molar-refractivity contribution in [1.82, 2.24) is 10.3 Å². The molecule has 0 bridgehead atoms. The van der Waals surface area contributed by atoms with Gasteiger partial charge in [-0.05, 0) is 25.1 Å². The fourth-order valence-corrected chi connectivity index (χ4v) is 1.76. The molecule has 18 heavy (non-hydrogen) atoms. The van der Waals surface area contributed by atoms with E-state index in [0.717, 1.165) is 13.1 Å². The zero-order valence-corrected chi connectivity index (χ0v) is 10.0. The van der Waals surface area contributed by atoms with Crippen molar-refractivity contribution in [2.45, 2.75) is 6.92 Å². The number of aromatic carboxylic acids is 1. The van der Waals surface area contributed by atoms with E-state index in [1.165, 1.54) is 18.5 Å². The van der Waals surface area contributed by atoms with E-state index in [4.69, 9.17) is 5.11 Å². The lowest BCUT2D eigenvalue weighted by molar-refractivity contribution is -0.121. The van der Waals surface area contributed by atoms with Crippen molar-refractivity contribution in [3.63, 3.8) is 0 Å². The Labute approximate surface area is 104 Å². The Morgan fingerprint density at radius 2 is 2.22 bits per heavy atom. The van der Waals surface area contributed by atoms with E-state index in [0.29, 0.717) is 11.6 Å². The number of carbonyl (C=O) groups is 2. The van der Waals surface area contributed by atoms with Gasteiger partial charge in [-0.3, -0.25) is 9.78 Å². The molecular formula is C12H15N3O3. The molecule has 1 aromatic rings. The van der Waals surface area contributed by atoms with Gasteiger partial charge in [-0.15, -0.1) is 0 Å². The highest BCUT2D eigenvalue weighted by molar-refractivity contribution is 5.94. The van der Waals surface area contributed by atoms with Crippen molar-refractivity contribution in [2.75, 3.05) is 18.4 Å². The zero-order valence-electron chi connectivity index (χ0n) is 10.0. The summed E-state index contributed by atoms with van der Waals surface area (Å²) in [7, 11) is 0. The van der Waals surface area contributed by atoms with Crippen LogP contribution in [-0.4, -0.2) is 35.1 Å². The number of carboxylic acid groups (broad SMARTS) is 1. The molecule has 2 heterocycles. The number of nitrogens with one attached hydrogen (secondary N) is 2. The lowest BCUT2D eigenvalue weighted by Crippen LogP contribution is -2.48. The summed E-state index contributed by atoms with van der Waals surface area (Å²) in [5.74, 6) is -0.916. The summed E-state index contributed by atoms with van der Waals surface area (Å²) in [6.45, 7) is 3.57. The van der Waals surface area contributed by atoms with Crippen LogP contribution >= 0.6 is 0 Å². The van der Waals surface area contributed by atoms with Crippen molar-refractivity contribution in [1.29, 1.82) is 0 Å². The number of hydrogen-bond acceptors (Lipinski definition) is 4. The predicted molar refractivity (Wildman–Crippen MR) is 65.3 cm³/mol. The summed E-state index contributed by atoms with van der Waals surface area (Å²) in [4.78, 5) is 26.5. The molecule has 1 fully saturated rings. The summed E-state index contributed by atoms with van der Waals surface area (Å²) in [5, 5.41) is 14.6. The molecule has 96 valence electrons. The fourth-order valence-electron chi connectivity index (χ4n) is 1.76. The maximum absolute atomic E-state index is 11.9. The Morgan fingerprint density at radius 3 is 2.78 bits per heavy atom. The largest absolute Gasteiger partial charge is 0.478 e. The molecule has 1 atom stereocenters. The van der Waals surface area contributed by atoms with Crippen LogP contribution in [0.3, 0.4) is 0 Å². The van der Waals surface area contributed by atoms with Crippen LogP contribution in [0.4, 0.5) is 5.69 Å². The average Bonchev–Trinajstić information content (AvgIpc) is 2.26. The Kier molecular flexibility index (Phi) is 3.57. The first kappa shape index (κ1) is 12.5. The van der Waals surface area contributed by atoms with E-state index in [2.05, 4.69) is 15.6 Å². The van der Waals surface area contributed by atoms with E-state index < -0.39 is 5.97 Å². The topological polar surface area (TPSA) is 91.3 Å². The van der Waals surface area contributed by atoms with Crippen LogP contribution < -0.4 is 10.6 Å². The number of aromatic nitrogens is 1. The van der Waals surface area contributed by atoms with Crippen molar-refractivity contribution < 1.29 is 14.7 Å². The van der Waals surface area contributed by atoms with Crippen molar-refractivity contribution in [2.24, 2.45) is 11.8 Å². The molecule has 1 aliphatic heterocycles. The Balaban J connectivity index is 2.02. The summed E-state index contributed by atoms with van der Waals surface area (Å²) < 4.78 is 0. The first-order valence-electron chi connectivity index (χ1n) is 5.78. The average molecular weight is 249 g/mol. The summed E-state index contributed by atoms with van der Waals surface area (Å²) >= 11 is 0. The number of hydrogen-bond donors (Lipinski definition) is 3. The first-order valence-corrected chi connectivity index (χ1v) is 5.78. The third kappa shape index (κ3) is 2.65. The molecule has 0 aliphatic carbocycles. The summed E-state index contributed by atoms with van der Waals surface area (Å²) in [6, 6.07) is 1.40. The quantitative estimate of drug-likeness (QED) is 0.725. The molecule has 1 unspecified atom stereocenters. The molecule has 0 radical (unpaired) electrons. The van der Waals surface area contributed by atoms with Crippen LogP contribution in [0.5, 0.6) is 0 Å². The second-order valence-electron chi connectivity index (χ2n) is 4.46. The fraction of sp³-hybridized carbons (Fsp3) is 0.417. The molecule has 1 aliphatic rings. The van der Waals surface area contributed by atoms with Crippen molar-refractivity contribution >= 4 is 17.6 Å². The molecule has 1 amide bonds. The van der Waals surface area contributed by atoms with E-state index in [9.17, 15) is 9.59 Å². The van der Waals surface area contributed by atoms with Gasteiger partial charge in [0.05, 0.1) is 17.4 Å². The molecular weight excluding hydrogens is 234 g/mol. The minimum Gasteiger partial charge on any atom is -0.478 e. The number of carboxylic acids is 1. The number of anilines is 1. The van der Waals surface area contributed by atoms with Gasteiger partial charge in [0, 0.05) is 12.1 Å². The van der Waals surface area contributed by atoms with Gasteiger partial charge < -0.3 is 15.7 Å². The number of nitrogens with zero attached hydrogens (tertiary/aromatic N) is 1. The molecule has 6 heteroatoms. The van der Waals surface area contributed by atoms with E-state index in [1.807, 2.05) is 6.92 Å². The monoisotopic (exact) mass is 249 g/mol. The van der Waals surface area contributed by atoms with Crippen LogP contribution in [0.15, 0.2) is 18.5 Å². The Hall–Kier alpha value is -1.95. The maximum Gasteiger partial charge on any atom is 0.337 e. The van der Waals surface area contributed by atoms with Crippen LogP contribution in [0, 0.1) is 11.8 Å². The lowest BCUT2D eigenvalue weighted by atomic mass is 9.88. The number of rotatable bonds is 4.